The Kier molecular flexibility index (Phi) is 8.12. The zero-order chi connectivity index (χ0) is 39.0. The fraction of sp³-hybridized carbons (Fsp3) is 0.0714. The number of hydrogen-bond acceptors (Lipinski definition) is 2. The van der Waals surface area contributed by atoms with Crippen molar-refractivity contribution in [3.05, 3.63) is 121 Å². The van der Waals surface area contributed by atoms with E-state index in [4.69, 9.17) is 0 Å². The molecule has 1 atom stereocenters. The smallest absolute Gasteiger partial charge is 0.528 e. The van der Waals surface area contributed by atoms with Gasteiger partial charge in [0.05, 0.1) is 16.7 Å². The molecule has 0 radical (unpaired) electrons. The van der Waals surface area contributed by atoms with Crippen LogP contribution in [-0.2, 0) is 16.4 Å². The third-order valence-corrected chi connectivity index (χ3v) is 7.69. The van der Waals surface area contributed by atoms with Gasteiger partial charge in [-0.2, -0.15) is 22.0 Å². The number of halogens is 21. The van der Waals surface area contributed by atoms with Crippen molar-refractivity contribution in [3.8, 4) is 16.9 Å². The average molecular weight is 778 g/mol. The van der Waals surface area contributed by atoms with Crippen molar-refractivity contribution in [2.45, 2.75) is 11.8 Å². The molecular formula is C28BF21O2. The van der Waals surface area contributed by atoms with Crippen LogP contribution in [0.5, 0.6) is 5.75 Å². The molecule has 0 aliphatic heterocycles. The van der Waals surface area contributed by atoms with Crippen LogP contribution >= 0.6 is 0 Å². The fourth-order valence-electron chi connectivity index (χ4n) is 5.44. The van der Waals surface area contributed by atoms with Gasteiger partial charge in [-0.25, -0.2) is 70.2 Å². The third kappa shape index (κ3) is 4.44. The van der Waals surface area contributed by atoms with E-state index in [-0.39, 0.29) is 0 Å². The molecule has 0 aromatic heterocycles. The van der Waals surface area contributed by atoms with Gasteiger partial charge in [-0.1, -0.05) is 0 Å². The molecule has 2 aliphatic carbocycles. The molecule has 0 fully saturated rings. The van der Waals surface area contributed by atoms with Crippen LogP contribution < -0.4 is 10.1 Å². The van der Waals surface area contributed by atoms with Gasteiger partial charge >= 0.3 is 13.0 Å². The summed E-state index contributed by atoms with van der Waals surface area (Å²) >= 11 is 0. The van der Waals surface area contributed by atoms with E-state index in [1.165, 1.54) is 0 Å². The molecule has 0 heterocycles. The Balaban J connectivity index is 1.75. The molecule has 52 heavy (non-hydrogen) atoms. The first-order valence-corrected chi connectivity index (χ1v) is 12.9. The van der Waals surface area contributed by atoms with Gasteiger partial charge in [0.1, 0.15) is 0 Å². The van der Waals surface area contributed by atoms with E-state index < -0.39 is 168 Å². The molecule has 0 amide bonds. The van der Waals surface area contributed by atoms with Gasteiger partial charge in [-0.05, 0) is 0 Å². The summed E-state index contributed by atoms with van der Waals surface area (Å²) in [5.41, 5.74) is -19.4. The highest BCUT2D eigenvalue weighted by molar-refractivity contribution is 6.63. The molecule has 0 bridgehead atoms. The average Bonchev–Trinajstić information content (AvgIpc) is 3.46. The van der Waals surface area contributed by atoms with Crippen LogP contribution in [0.25, 0.3) is 17.0 Å². The van der Waals surface area contributed by atoms with Crippen LogP contribution in [0.1, 0.15) is 22.3 Å². The van der Waals surface area contributed by atoms with E-state index in [0.29, 0.717) is 0 Å². The maximum Gasteiger partial charge on any atom is 0.569 e. The van der Waals surface area contributed by atoms with Crippen LogP contribution in [0.15, 0.2) is 5.83 Å². The van der Waals surface area contributed by atoms with Crippen molar-refractivity contribution >= 4 is 18.4 Å². The lowest BCUT2D eigenvalue weighted by Crippen LogP contribution is -2.50. The van der Waals surface area contributed by atoms with E-state index in [2.05, 4.69) is 9.31 Å². The molecule has 0 N–H and O–H groups in total. The quantitative estimate of drug-likeness (QED) is 0.0872. The number of benzene rings is 4. The van der Waals surface area contributed by atoms with E-state index in [0.717, 1.165) is 0 Å². The molecule has 274 valence electrons. The Bertz CT molecular complexity index is 2330. The molecule has 6 rings (SSSR count). The van der Waals surface area contributed by atoms with Gasteiger partial charge in [0.25, 0.3) is 5.85 Å². The minimum absolute atomic E-state index is 2.52. The Morgan fingerprint density at radius 1 is 0.365 bits per heavy atom. The normalized spacial score (nSPS) is 17.2. The summed E-state index contributed by atoms with van der Waals surface area (Å²) in [5, 5.41) is 0. The molecular weight excluding hydrogens is 778 g/mol. The zero-order valence-electron chi connectivity index (χ0n) is 23.3. The second-order valence-electron chi connectivity index (χ2n) is 10.4. The Labute approximate surface area is 270 Å². The van der Waals surface area contributed by atoms with Gasteiger partial charge in [-0.3, -0.25) is 0 Å². The van der Waals surface area contributed by atoms with Crippen molar-refractivity contribution in [2.24, 2.45) is 0 Å². The van der Waals surface area contributed by atoms with Crippen molar-refractivity contribution in [2.75, 3.05) is 0 Å². The van der Waals surface area contributed by atoms with Crippen molar-refractivity contribution < 1.29 is 102 Å². The van der Waals surface area contributed by atoms with Crippen LogP contribution in [0.4, 0.5) is 92.2 Å². The highest BCUT2D eigenvalue weighted by Gasteiger charge is 2.61. The first-order valence-electron chi connectivity index (χ1n) is 12.9. The first-order chi connectivity index (χ1) is 24.0. The molecule has 2 nitrogen and oxygen atoms in total. The van der Waals surface area contributed by atoms with Gasteiger partial charge in [0, 0.05) is 22.2 Å². The minimum atomic E-state index is -5.86. The minimum Gasteiger partial charge on any atom is -0.528 e. The fourth-order valence-corrected chi connectivity index (χ4v) is 5.44. The monoisotopic (exact) mass is 778 g/mol. The van der Waals surface area contributed by atoms with Crippen molar-refractivity contribution in [1.29, 1.82) is 0 Å². The summed E-state index contributed by atoms with van der Waals surface area (Å²) in [5.74, 6) is -71.3. The van der Waals surface area contributed by atoms with Crippen LogP contribution in [0.2, 0.25) is 0 Å². The molecule has 24 heteroatoms. The molecule has 0 saturated heterocycles. The summed E-state index contributed by atoms with van der Waals surface area (Å²) in [6.07, 6.45) is 0. The second-order valence-corrected chi connectivity index (χ2v) is 10.4. The largest absolute Gasteiger partial charge is 0.569 e. The molecule has 4 aromatic carbocycles. The van der Waals surface area contributed by atoms with Crippen molar-refractivity contribution in [1.82, 2.24) is 0 Å². The van der Waals surface area contributed by atoms with Gasteiger partial charge in [0.2, 0.25) is 34.9 Å². The molecule has 0 spiro atoms. The van der Waals surface area contributed by atoms with E-state index in [1.807, 2.05) is 0 Å². The number of alkyl halides is 3. The maximum atomic E-state index is 16.4. The van der Waals surface area contributed by atoms with Gasteiger partial charge in [-0.15, -0.1) is 0 Å². The summed E-state index contributed by atoms with van der Waals surface area (Å²) < 4.78 is 318. The molecule has 0 saturated carbocycles. The number of rotatable bonds is 5. The van der Waals surface area contributed by atoms with E-state index in [9.17, 15) is 65.9 Å². The van der Waals surface area contributed by atoms with Gasteiger partial charge < -0.3 is 9.31 Å². The van der Waals surface area contributed by atoms with Crippen LogP contribution in [-0.4, -0.2) is 7.12 Å². The SMILES string of the molecule is FC1=C(F)C(F)(OB(Oc2c(F)c(F)c(F)c(F)c2F)c2c(F)c(F)c(F)c3c2C(F)(F)c2c(F)c(F)c(F)c(F)c2-3)c2c(F)c(F)c(F)c(F)c21. The van der Waals surface area contributed by atoms with E-state index >= 15 is 26.3 Å². The van der Waals surface area contributed by atoms with Crippen LogP contribution in [0.3, 0.4) is 0 Å². The Hall–Kier alpha value is -5.03. The summed E-state index contributed by atoms with van der Waals surface area (Å²) in [7, 11) is -4.58. The molecule has 2 aliphatic rings. The number of fused-ring (bicyclic) bond motifs is 4. The van der Waals surface area contributed by atoms with Crippen LogP contribution in [0, 0.1) is 93.1 Å². The second kappa shape index (κ2) is 11.5. The predicted octanol–water partition coefficient (Wildman–Crippen LogP) is 9.27. The number of hydrogen-bond donors (Lipinski definition) is 0. The zero-order valence-corrected chi connectivity index (χ0v) is 23.3. The topological polar surface area (TPSA) is 18.5 Å². The highest BCUT2D eigenvalue weighted by atomic mass is 19.3. The lowest BCUT2D eigenvalue weighted by atomic mass is 9.72. The third-order valence-electron chi connectivity index (χ3n) is 7.69. The highest BCUT2D eigenvalue weighted by Crippen LogP contribution is 2.56. The Morgan fingerprint density at radius 3 is 1.23 bits per heavy atom. The summed E-state index contributed by atoms with van der Waals surface area (Å²) in [6.45, 7) is 0. The standard InChI is InChI=1S/C28BF21O2/c30-8-1-2-5(12(34)18(40)16(38)9(2)31)27(48,49)4(1)7(14(36)15(8)37)29(51-25-23(45)21(43)20(42)22(44)24(25)46)52-28(50)6-3(11(33)26(28)47)10(32)17(39)19(41)13(6)35. The lowest BCUT2D eigenvalue weighted by molar-refractivity contribution is -0.0626. The van der Waals surface area contributed by atoms with Crippen molar-refractivity contribution in [3.63, 3.8) is 0 Å². The lowest BCUT2D eigenvalue weighted by Gasteiger charge is -2.28. The molecule has 4 aromatic rings. The van der Waals surface area contributed by atoms with E-state index in [1.54, 1.807) is 0 Å². The Morgan fingerprint density at radius 2 is 0.731 bits per heavy atom. The first kappa shape index (κ1) is 36.8. The molecule has 1 unspecified atom stereocenters. The van der Waals surface area contributed by atoms with Gasteiger partial charge in [0.15, 0.2) is 75.6 Å². The summed E-state index contributed by atoms with van der Waals surface area (Å²) in [6, 6.07) is 0. The maximum absolute atomic E-state index is 16.4. The summed E-state index contributed by atoms with van der Waals surface area (Å²) in [4.78, 5) is 0. The predicted molar refractivity (Wildman–Crippen MR) is 126 cm³/mol.